The van der Waals surface area contributed by atoms with Gasteiger partial charge in [-0.2, -0.15) is 0 Å². The molecule has 0 aromatic heterocycles. The van der Waals surface area contributed by atoms with Crippen LogP contribution in [-0.4, -0.2) is 82.3 Å². The van der Waals surface area contributed by atoms with Gasteiger partial charge in [-0.05, 0) is 38.5 Å². The molecule has 0 N–H and O–H groups in total. The Hall–Kier alpha value is -2.23. The molecular formula is C37H67NO8. The van der Waals surface area contributed by atoms with E-state index in [2.05, 4.69) is 38.2 Å². The number of carbonyl (C=O) groups is 3. The molecule has 0 saturated carbocycles. The van der Waals surface area contributed by atoms with Crippen LogP contribution in [0, 0.1) is 0 Å². The Bertz CT molecular complexity index is 821. The number of allylic oxidation sites excluding steroid dienone is 4. The minimum absolute atomic E-state index is 0.146. The van der Waals surface area contributed by atoms with Gasteiger partial charge in [-0.25, -0.2) is 0 Å². The third-order valence-electron chi connectivity index (χ3n) is 7.45. The SMILES string of the molecule is CCCC/C=C\C/C=C\CCCCCCCC(=O)OC(COC(=O)CCCCCCCCC)COC(OCC[N+](C)(C)C)C(=O)[O-]. The van der Waals surface area contributed by atoms with E-state index in [0.717, 1.165) is 64.2 Å². The van der Waals surface area contributed by atoms with E-state index in [1.54, 1.807) is 0 Å². The van der Waals surface area contributed by atoms with Crippen LogP contribution in [-0.2, 0) is 33.3 Å². The maximum Gasteiger partial charge on any atom is 0.306 e. The van der Waals surface area contributed by atoms with E-state index in [4.69, 9.17) is 18.9 Å². The molecule has 0 rings (SSSR count). The molecule has 0 aromatic carbocycles. The smallest absolute Gasteiger partial charge is 0.306 e. The molecule has 0 aliphatic heterocycles. The predicted molar refractivity (Wildman–Crippen MR) is 182 cm³/mol. The summed E-state index contributed by atoms with van der Waals surface area (Å²) in [6.07, 6.45) is 25.1. The van der Waals surface area contributed by atoms with Crippen molar-refractivity contribution < 1.29 is 42.9 Å². The lowest BCUT2D eigenvalue weighted by Gasteiger charge is -2.26. The van der Waals surface area contributed by atoms with Crippen molar-refractivity contribution in [2.45, 2.75) is 148 Å². The fraction of sp³-hybridized carbons (Fsp3) is 0.811. The second-order valence-corrected chi connectivity index (χ2v) is 13.2. The lowest BCUT2D eigenvalue weighted by molar-refractivity contribution is -0.870. The van der Waals surface area contributed by atoms with Gasteiger partial charge >= 0.3 is 11.9 Å². The highest BCUT2D eigenvalue weighted by Gasteiger charge is 2.21. The van der Waals surface area contributed by atoms with Crippen molar-refractivity contribution in [3.63, 3.8) is 0 Å². The number of hydrogen-bond acceptors (Lipinski definition) is 8. The van der Waals surface area contributed by atoms with Crippen molar-refractivity contribution >= 4 is 17.9 Å². The van der Waals surface area contributed by atoms with Gasteiger partial charge in [0.05, 0.1) is 40.3 Å². The van der Waals surface area contributed by atoms with Crippen molar-refractivity contribution in [2.75, 3.05) is 47.5 Å². The number of unbranched alkanes of at least 4 members (excludes halogenated alkanes) is 13. The Balaban J connectivity index is 4.57. The minimum atomic E-state index is -1.62. The molecule has 46 heavy (non-hydrogen) atoms. The molecule has 0 bridgehead atoms. The largest absolute Gasteiger partial charge is 0.545 e. The molecule has 0 spiro atoms. The first-order chi connectivity index (χ1) is 22.1. The second kappa shape index (κ2) is 30.1. The van der Waals surface area contributed by atoms with E-state index >= 15 is 0 Å². The average Bonchev–Trinajstić information content (AvgIpc) is 3.00. The van der Waals surface area contributed by atoms with E-state index in [1.165, 1.54) is 38.5 Å². The van der Waals surface area contributed by atoms with Gasteiger partial charge in [0.15, 0.2) is 12.4 Å². The molecule has 9 heteroatoms. The third kappa shape index (κ3) is 30.4. The standard InChI is InChI=1S/C37H67NO8/c1-6-8-10-12-14-15-16-17-18-19-20-22-24-26-28-35(40)46-33(31-44-34(39)27-25-23-21-13-11-9-7-2)32-45-37(36(41)42)43-30-29-38(3,4)5/h12,14,16-17,33,37H,6-11,13,15,18-32H2,1-5H3/b14-12-,17-16-. The normalized spacial score (nSPS) is 13.3. The predicted octanol–water partition coefficient (Wildman–Crippen LogP) is 6.82. The van der Waals surface area contributed by atoms with E-state index < -0.39 is 24.3 Å². The summed E-state index contributed by atoms with van der Waals surface area (Å²) in [5.41, 5.74) is 0. The quantitative estimate of drug-likeness (QED) is 0.0256. The number of quaternary nitrogens is 1. The number of carboxylic acids is 1. The molecule has 0 radical (unpaired) electrons. The summed E-state index contributed by atoms with van der Waals surface area (Å²) >= 11 is 0. The molecule has 2 atom stereocenters. The van der Waals surface area contributed by atoms with E-state index in [-0.39, 0.29) is 38.6 Å². The van der Waals surface area contributed by atoms with Crippen molar-refractivity contribution in [1.82, 2.24) is 0 Å². The van der Waals surface area contributed by atoms with Crippen LogP contribution in [0.4, 0.5) is 0 Å². The zero-order valence-corrected chi connectivity index (χ0v) is 29.9. The van der Waals surface area contributed by atoms with Gasteiger partial charge in [0, 0.05) is 12.8 Å². The van der Waals surface area contributed by atoms with Crippen molar-refractivity contribution in [2.24, 2.45) is 0 Å². The maximum absolute atomic E-state index is 12.6. The fourth-order valence-corrected chi connectivity index (χ4v) is 4.55. The molecular weight excluding hydrogens is 586 g/mol. The number of rotatable bonds is 32. The number of esters is 2. The molecule has 2 unspecified atom stereocenters. The molecule has 9 nitrogen and oxygen atoms in total. The zero-order valence-electron chi connectivity index (χ0n) is 29.9. The summed E-state index contributed by atoms with van der Waals surface area (Å²) in [5, 5.41) is 11.6. The van der Waals surface area contributed by atoms with Crippen LogP contribution in [0.25, 0.3) is 0 Å². The van der Waals surface area contributed by atoms with Crippen LogP contribution < -0.4 is 5.11 Å². The first kappa shape index (κ1) is 43.8. The topological polar surface area (TPSA) is 111 Å². The zero-order chi connectivity index (χ0) is 34.3. The van der Waals surface area contributed by atoms with Gasteiger partial charge in [-0.15, -0.1) is 0 Å². The Morgan fingerprint density at radius 1 is 0.652 bits per heavy atom. The summed E-state index contributed by atoms with van der Waals surface area (Å²) in [6.45, 7) is 4.60. The van der Waals surface area contributed by atoms with E-state index in [1.807, 2.05) is 21.1 Å². The van der Waals surface area contributed by atoms with Crippen LogP contribution in [0.15, 0.2) is 24.3 Å². The van der Waals surface area contributed by atoms with Gasteiger partial charge < -0.3 is 33.3 Å². The number of carbonyl (C=O) groups excluding carboxylic acids is 3. The number of carboxylic acid groups (broad SMARTS) is 1. The summed E-state index contributed by atoms with van der Waals surface area (Å²) in [6, 6.07) is 0. The van der Waals surface area contributed by atoms with Gasteiger partial charge in [0.1, 0.15) is 13.2 Å². The highest BCUT2D eigenvalue weighted by molar-refractivity contribution is 5.70. The Morgan fingerprint density at radius 3 is 1.78 bits per heavy atom. The molecule has 0 amide bonds. The lowest BCUT2D eigenvalue weighted by Crippen LogP contribution is -2.44. The number of nitrogens with zero attached hydrogens (tertiary/aromatic N) is 1. The minimum Gasteiger partial charge on any atom is -0.545 e. The summed E-state index contributed by atoms with van der Waals surface area (Å²) in [4.78, 5) is 36.5. The van der Waals surface area contributed by atoms with Gasteiger partial charge in [-0.3, -0.25) is 9.59 Å². The lowest BCUT2D eigenvalue weighted by atomic mass is 10.1. The third-order valence-corrected chi connectivity index (χ3v) is 7.45. The Kier molecular flexibility index (Phi) is 28.7. The van der Waals surface area contributed by atoms with Crippen LogP contribution in [0.5, 0.6) is 0 Å². The molecule has 0 saturated heterocycles. The van der Waals surface area contributed by atoms with E-state index in [9.17, 15) is 19.5 Å². The number of hydrogen-bond donors (Lipinski definition) is 0. The van der Waals surface area contributed by atoms with Gasteiger partial charge in [-0.1, -0.05) is 109 Å². The van der Waals surface area contributed by atoms with Gasteiger partial charge in [0.2, 0.25) is 0 Å². The summed E-state index contributed by atoms with van der Waals surface area (Å²) in [5.74, 6) is -2.32. The maximum atomic E-state index is 12.6. The highest BCUT2D eigenvalue weighted by Crippen LogP contribution is 2.12. The highest BCUT2D eigenvalue weighted by atomic mass is 16.7. The first-order valence-electron chi connectivity index (χ1n) is 18.0. The second-order valence-electron chi connectivity index (χ2n) is 13.2. The number of likely N-dealkylation sites (N-methyl/N-ethyl adjacent to an activating group) is 1. The van der Waals surface area contributed by atoms with E-state index in [0.29, 0.717) is 17.4 Å². The Morgan fingerprint density at radius 2 is 1.20 bits per heavy atom. The van der Waals surface area contributed by atoms with Crippen LogP contribution in [0.2, 0.25) is 0 Å². The molecule has 0 aliphatic carbocycles. The van der Waals surface area contributed by atoms with Crippen LogP contribution in [0.1, 0.15) is 136 Å². The number of ether oxygens (including phenoxy) is 4. The van der Waals surface area contributed by atoms with Crippen molar-refractivity contribution in [3.8, 4) is 0 Å². The van der Waals surface area contributed by atoms with Crippen LogP contribution in [0.3, 0.4) is 0 Å². The van der Waals surface area contributed by atoms with Crippen LogP contribution >= 0.6 is 0 Å². The molecule has 0 aromatic rings. The molecule has 0 fully saturated rings. The molecule has 0 aliphatic rings. The van der Waals surface area contributed by atoms with Gasteiger partial charge in [0.25, 0.3) is 0 Å². The van der Waals surface area contributed by atoms with Crippen molar-refractivity contribution in [1.29, 1.82) is 0 Å². The molecule has 268 valence electrons. The number of aliphatic carboxylic acids is 1. The monoisotopic (exact) mass is 653 g/mol. The summed E-state index contributed by atoms with van der Waals surface area (Å²) < 4.78 is 22.3. The van der Waals surface area contributed by atoms with Crippen molar-refractivity contribution in [3.05, 3.63) is 24.3 Å². The average molecular weight is 654 g/mol. The summed E-state index contributed by atoms with van der Waals surface area (Å²) in [7, 11) is 5.88. The Labute approximate surface area is 280 Å². The fourth-order valence-electron chi connectivity index (χ4n) is 4.55. The molecule has 0 heterocycles. The first-order valence-corrected chi connectivity index (χ1v) is 18.0.